The molecule has 12 heavy (non-hydrogen) atoms. The molecular formula is C10H16N2. The summed E-state index contributed by atoms with van der Waals surface area (Å²) in [6.45, 7) is 2.34. The summed E-state index contributed by atoms with van der Waals surface area (Å²) in [5.41, 5.74) is 0. The summed E-state index contributed by atoms with van der Waals surface area (Å²) in [5.74, 6) is 0.804. The van der Waals surface area contributed by atoms with Crippen LogP contribution in [0.15, 0.2) is 18.5 Å². The molecule has 2 atom stereocenters. The zero-order valence-electron chi connectivity index (χ0n) is 7.61. The van der Waals surface area contributed by atoms with E-state index < -0.39 is 0 Å². The van der Waals surface area contributed by atoms with E-state index in [9.17, 15) is 0 Å². The van der Waals surface area contributed by atoms with E-state index in [1.165, 1.54) is 25.7 Å². The molecule has 2 heteroatoms. The smallest absolute Gasteiger partial charge is 0.0544 e. The summed E-state index contributed by atoms with van der Waals surface area (Å²) < 4.78 is 2.13. The number of aromatic nitrogens is 2. The van der Waals surface area contributed by atoms with Crippen molar-refractivity contribution < 1.29 is 0 Å². The second kappa shape index (κ2) is 3.30. The van der Waals surface area contributed by atoms with Gasteiger partial charge in [0.1, 0.15) is 0 Å². The van der Waals surface area contributed by atoms with Crippen molar-refractivity contribution in [1.82, 2.24) is 9.78 Å². The fourth-order valence-electron chi connectivity index (χ4n) is 2.17. The first-order valence-electron chi connectivity index (χ1n) is 4.87. The van der Waals surface area contributed by atoms with E-state index >= 15 is 0 Å². The molecule has 1 saturated carbocycles. The van der Waals surface area contributed by atoms with Crippen molar-refractivity contribution >= 4 is 0 Å². The number of hydrogen-bond acceptors (Lipinski definition) is 1. The van der Waals surface area contributed by atoms with Crippen LogP contribution in [0, 0.1) is 5.92 Å². The van der Waals surface area contributed by atoms with Crippen molar-refractivity contribution in [3.05, 3.63) is 18.5 Å². The van der Waals surface area contributed by atoms with Crippen LogP contribution in [-0.4, -0.2) is 9.78 Å². The Bertz CT molecular complexity index is 228. The molecular weight excluding hydrogens is 148 g/mol. The van der Waals surface area contributed by atoms with E-state index in [0.717, 1.165) is 5.92 Å². The van der Waals surface area contributed by atoms with Crippen molar-refractivity contribution in [3.63, 3.8) is 0 Å². The van der Waals surface area contributed by atoms with Gasteiger partial charge in [-0.15, -0.1) is 0 Å². The summed E-state index contributed by atoms with van der Waals surface area (Å²) in [6, 6.07) is 2.68. The van der Waals surface area contributed by atoms with Crippen LogP contribution in [0.1, 0.15) is 38.6 Å². The molecule has 1 heterocycles. The molecule has 0 radical (unpaired) electrons. The molecule has 1 aromatic rings. The number of nitrogens with zero attached hydrogens (tertiary/aromatic N) is 2. The lowest BCUT2D eigenvalue weighted by Crippen LogP contribution is -2.21. The Balaban J connectivity index is 2.11. The molecule has 2 rings (SSSR count). The van der Waals surface area contributed by atoms with E-state index in [-0.39, 0.29) is 0 Å². The van der Waals surface area contributed by atoms with Crippen LogP contribution < -0.4 is 0 Å². The van der Waals surface area contributed by atoms with Crippen LogP contribution >= 0.6 is 0 Å². The Morgan fingerprint density at radius 1 is 1.33 bits per heavy atom. The highest BCUT2D eigenvalue weighted by Gasteiger charge is 2.22. The molecule has 1 fully saturated rings. The molecule has 0 saturated heterocycles. The van der Waals surface area contributed by atoms with Gasteiger partial charge < -0.3 is 0 Å². The van der Waals surface area contributed by atoms with E-state index in [1.54, 1.807) is 0 Å². The monoisotopic (exact) mass is 164 g/mol. The standard InChI is InChI=1S/C10H16N2/c1-9-5-2-3-6-10(9)12-8-4-7-11-12/h4,7-10H,2-3,5-6H2,1H3/t9-,10-/m0/s1. The highest BCUT2D eigenvalue weighted by Crippen LogP contribution is 2.32. The van der Waals surface area contributed by atoms with Crippen molar-refractivity contribution in [2.24, 2.45) is 5.92 Å². The van der Waals surface area contributed by atoms with Gasteiger partial charge in [0.05, 0.1) is 6.04 Å². The molecule has 0 aliphatic heterocycles. The Hall–Kier alpha value is -0.790. The number of rotatable bonds is 1. The zero-order valence-corrected chi connectivity index (χ0v) is 7.61. The lowest BCUT2D eigenvalue weighted by atomic mass is 9.86. The Morgan fingerprint density at radius 2 is 2.17 bits per heavy atom. The van der Waals surface area contributed by atoms with E-state index in [4.69, 9.17) is 0 Å². The third-order valence-electron chi connectivity index (χ3n) is 2.93. The van der Waals surface area contributed by atoms with Gasteiger partial charge in [-0.1, -0.05) is 19.8 Å². The van der Waals surface area contributed by atoms with Gasteiger partial charge >= 0.3 is 0 Å². The Kier molecular flexibility index (Phi) is 2.15. The molecule has 1 aliphatic carbocycles. The summed E-state index contributed by atoms with van der Waals surface area (Å²) in [5, 5.41) is 4.31. The molecule has 1 aliphatic rings. The molecule has 0 bridgehead atoms. The van der Waals surface area contributed by atoms with Gasteiger partial charge in [-0.2, -0.15) is 5.10 Å². The maximum atomic E-state index is 4.31. The van der Waals surface area contributed by atoms with Crippen LogP contribution in [0.5, 0.6) is 0 Å². The first-order chi connectivity index (χ1) is 5.88. The maximum Gasteiger partial charge on any atom is 0.0544 e. The van der Waals surface area contributed by atoms with E-state index in [1.807, 2.05) is 12.3 Å². The maximum absolute atomic E-state index is 4.31. The molecule has 1 aromatic heterocycles. The Labute approximate surface area is 73.6 Å². The molecule has 0 spiro atoms. The average Bonchev–Trinajstić information content (AvgIpc) is 2.57. The minimum absolute atomic E-state index is 0.661. The van der Waals surface area contributed by atoms with Gasteiger partial charge in [0, 0.05) is 12.4 Å². The quantitative estimate of drug-likeness (QED) is 0.624. The predicted molar refractivity (Wildman–Crippen MR) is 48.9 cm³/mol. The normalized spacial score (nSPS) is 30.4. The van der Waals surface area contributed by atoms with E-state index in [0.29, 0.717) is 6.04 Å². The van der Waals surface area contributed by atoms with Gasteiger partial charge in [-0.25, -0.2) is 0 Å². The van der Waals surface area contributed by atoms with Crippen LogP contribution in [0.2, 0.25) is 0 Å². The van der Waals surface area contributed by atoms with Gasteiger partial charge in [0.25, 0.3) is 0 Å². The topological polar surface area (TPSA) is 17.8 Å². The van der Waals surface area contributed by atoms with Crippen LogP contribution in [-0.2, 0) is 0 Å². The second-order valence-corrected chi connectivity index (χ2v) is 3.82. The summed E-state index contributed by atoms with van der Waals surface area (Å²) in [4.78, 5) is 0. The highest BCUT2D eigenvalue weighted by molar-refractivity contribution is 4.85. The third kappa shape index (κ3) is 1.38. The molecule has 0 amide bonds. The van der Waals surface area contributed by atoms with Crippen molar-refractivity contribution in [2.45, 2.75) is 38.6 Å². The fourth-order valence-corrected chi connectivity index (χ4v) is 2.17. The van der Waals surface area contributed by atoms with Crippen molar-refractivity contribution in [2.75, 3.05) is 0 Å². The molecule has 0 aromatic carbocycles. The lowest BCUT2D eigenvalue weighted by Gasteiger charge is -2.28. The SMILES string of the molecule is C[C@H]1CCCC[C@@H]1n1cccn1. The second-order valence-electron chi connectivity index (χ2n) is 3.82. The van der Waals surface area contributed by atoms with Gasteiger partial charge in [-0.05, 0) is 24.8 Å². The summed E-state index contributed by atoms with van der Waals surface area (Å²) >= 11 is 0. The van der Waals surface area contributed by atoms with Crippen LogP contribution in [0.4, 0.5) is 0 Å². The Morgan fingerprint density at radius 3 is 2.83 bits per heavy atom. The highest BCUT2D eigenvalue weighted by atomic mass is 15.3. The van der Waals surface area contributed by atoms with Gasteiger partial charge in [-0.3, -0.25) is 4.68 Å². The first kappa shape index (κ1) is 7.84. The summed E-state index contributed by atoms with van der Waals surface area (Å²) in [6.07, 6.45) is 9.41. The fraction of sp³-hybridized carbons (Fsp3) is 0.700. The summed E-state index contributed by atoms with van der Waals surface area (Å²) in [7, 11) is 0. The largest absolute Gasteiger partial charge is 0.269 e. The average molecular weight is 164 g/mol. The molecule has 0 N–H and O–H groups in total. The predicted octanol–water partition coefficient (Wildman–Crippen LogP) is 2.63. The van der Waals surface area contributed by atoms with E-state index in [2.05, 4.69) is 22.9 Å². The third-order valence-corrected chi connectivity index (χ3v) is 2.93. The van der Waals surface area contributed by atoms with Gasteiger partial charge in [0.2, 0.25) is 0 Å². The molecule has 66 valence electrons. The minimum Gasteiger partial charge on any atom is -0.269 e. The van der Waals surface area contributed by atoms with Gasteiger partial charge in [0.15, 0.2) is 0 Å². The van der Waals surface area contributed by atoms with Crippen molar-refractivity contribution in [1.29, 1.82) is 0 Å². The molecule has 0 unspecified atom stereocenters. The minimum atomic E-state index is 0.661. The molecule has 2 nitrogen and oxygen atoms in total. The zero-order chi connectivity index (χ0) is 8.39. The lowest BCUT2D eigenvalue weighted by molar-refractivity contribution is 0.240. The van der Waals surface area contributed by atoms with Crippen LogP contribution in [0.25, 0.3) is 0 Å². The van der Waals surface area contributed by atoms with Crippen molar-refractivity contribution in [3.8, 4) is 0 Å². The first-order valence-corrected chi connectivity index (χ1v) is 4.87. The number of hydrogen-bond donors (Lipinski definition) is 0. The van der Waals surface area contributed by atoms with Crippen LogP contribution in [0.3, 0.4) is 0 Å².